The molecule has 0 spiro atoms. The van der Waals surface area contributed by atoms with Gasteiger partial charge < -0.3 is 14.8 Å². The van der Waals surface area contributed by atoms with Crippen LogP contribution in [0.15, 0.2) is 48.5 Å². The fourth-order valence-corrected chi connectivity index (χ4v) is 2.41. The number of carbonyl (C=O) groups is 1. The molecule has 2 aromatic rings. The molecule has 0 aliphatic carbocycles. The van der Waals surface area contributed by atoms with E-state index in [4.69, 9.17) is 9.47 Å². The van der Waals surface area contributed by atoms with Gasteiger partial charge in [0.15, 0.2) is 0 Å². The lowest BCUT2D eigenvalue weighted by molar-refractivity contribution is -0.121. The van der Waals surface area contributed by atoms with Gasteiger partial charge in [-0.15, -0.1) is 0 Å². The molecule has 1 N–H and O–H groups in total. The lowest BCUT2D eigenvalue weighted by atomic mass is 10.1. The molecule has 1 amide bonds. The molecule has 2 aromatic carbocycles. The summed E-state index contributed by atoms with van der Waals surface area (Å²) >= 11 is 0. The number of rotatable bonds is 7. The molecule has 0 bridgehead atoms. The summed E-state index contributed by atoms with van der Waals surface area (Å²) in [5.41, 5.74) is 2.12. The van der Waals surface area contributed by atoms with E-state index in [1.807, 2.05) is 55.5 Å². The van der Waals surface area contributed by atoms with Crippen molar-refractivity contribution in [1.29, 1.82) is 0 Å². The van der Waals surface area contributed by atoms with E-state index in [9.17, 15) is 4.79 Å². The number of hydrogen-bond acceptors (Lipinski definition) is 3. The van der Waals surface area contributed by atoms with E-state index < -0.39 is 0 Å². The van der Waals surface area contributed by atoms with Crippen molar-refractivity contribution in [3.8, 4) is 11.5 Å². The fraction of sp³-hybridized carbons (Fsp3) is 0.316. The minimum atomic E-state index is 0.00328. The van der Waals surface area contributed by atoms with Crippen molar-refractivity contribution in [2.45, 2.75) is 25.8 Å². The summed E-state index contributed by atoms with van der Waals surface area (Å²) in [7, 11) is 3.24. The molecule has 0 saturated heterocycles. The number of ether oxygens (including phenoxy) is 2. The Kier molecular flexibility index (Phi) is 6.03. The number of carbonyl (C=O) groups excluding carboxylic acids is 1. The molecule has 0 radical (unpaired) electrons. The predicted octanol–water partition coefficient (Wildman–Crippen LogP) is 3.51. The number of hydrogen-bond donors (Lipinski definition) is 1. The quantitative estimate of drug-likeness (QED) is 0.851. The molecular weight excluding hydrogens is 290 g/mol. The first-order valence-electron chi connectivity index (χ1n) is 7.68. The third-order valence-corrected chi connectivity index (χ3v) is 3.73. The average Bonchev–Trinajstić information content (AvgIpc) is 2.60. The van der Waals surface area contributed by atoms with Crippen LogP contribution in [0.1, 0.15) is 30.5 Å². The molecule has 0 saturated carbocycles. The van der Waals surface area contributed by atoms with Gasteiger partial charge in [-0.1, -0.05) is 30.3 Å². The second kappa shape index (κ2) is 8.22. The summed E-state index contributed by atoms with van der Waals surface area (Å²) in [6, 6.07) is 15.6. The van der Waals surface area contributed by atoms with Crippen LogP contribution in [0.4, 0.5) is 0 Å². The Morgan fingerprint density at radius 3 is 2.22 bits per heavy atom. The highest BCUT2D eigenvalue weighted by molar-refractivity contribution is 5.76. The highest BCUT2D eigenvalue weighted by Gasteiger charge is 2.10. The Bertz CT molecular complexity index is 618. The van der Waals surface area contributed by atoms with Crippen LogP contribution in [0, 0.1) is 0 Å². The van der Waals surface area contributed by atoms with Crippen molar-refractivity contribution in [2.75, 3.05) is 14.2 Å². The highest BCUT2D eigenvalue weighted by atomic mass is 16.5. The third-order valence-electron chi connectivity index (χ3n) is 3.73. The summed E-state index contributed by atoms with van der Waals surface area (Å²) in [4.78, 5) is 12.1. The Morgan fingerprint density at radius 2 is 1.65 bits per heavy atom. The van der Waals surface area contributed by atoms with Crippen LogP contribution in [0.5, 0.6) is 11.5 Å². The van der Waals surface area contributed by atoms with E-state index in [1.165, 1.54) is 0 Å². The van der Waals surface area contributed by atoms with Gasteiger partial charge in [0.2, 0.25) is 5.91 Å². The van der Waals surface area contributed by atoms with Crippen LogP contribution in [0.25, 0.3) is 0 Å². The summed E-state index contributed by atoms with van der Waals surface area (Å²) < 4.78 is 10.5. The minimum Gasteiger partial charge on any atom is -0.497 e. The van der Waals surface area contributed by atoms with Crippen molar-refractivity contribution >= 4 is 5.91 Å². The molecule has 122 valence electrons. The zero-order chi connectivity index (χ0) is 16.7. The topological polar surface area (TPSA) is 47.6 Å². The smallest absolute Gasteiger partial charge is 0.220 e. The summed E-state index contributed by atoms with van der Waals surface area (Å²) in [6.45, 7) is 1.99. The molecule has 2 rings (SSSR count). The molecular formula is C19H23NO3. The van der Waals surface area contributed by atoms with Crippen molar-refractivity contribution in [3.63, 3.8) is 0 Å². The molecule has 1 unspecified atom stereocenters. The molecule has 23 heavy (non-hydrogen) atoms. The predicted molar refractivity (Wildman–Crippen MR) is 90.9 cm³/mol. The highest BCUT2D eigenvalue weighted by Crippen LogP contribution is 2.23. The van der Waals surface area contributed by atoms with Gasteiger partial charge in [0, 0.05) is 12.5 Å². The third kappa shape index (κ3) is 5.02. The van der Waals surface area contributed by atoms with Gasteiger partial charge in [0.1, 0.15) is 11.5 Å². The molecule has 0 aromatic heterocycles. The van der Waals surface area contributed by atoms with Crippen molar-refractivity contribution in [3.05, 3.63) is 59.7 Å². The average molecular weight is 313 g/mol. The molecule has 0 heterocycles. The van der Waals surface area contributed by atoms with Gasteiger partial charge in [0.05, 0.1) is 20.3 Å². The van der Waals surface area contributed by atoms with E-state index >= 15 is 0 Å². The Morgan fingerprint density at radius 1 is 1.04 bits per heavy atom. The largest absolute Gasteiger partial charge is 0.497 e. The van der Waals surface area contributed by atoms with Crippen molar-refractivity contribution in [1.82, 2.24) is 5.32 Å². The first-order valence-corrected chi connectivity index (χ1v) is 7.68. The van der Waals surface area contributed by atoms with E-state index in [0.717, 1.165) is 22.6 Å². The molecule has 0 aliphatic heterocycles. The van der Waals surface area contributed by atoms with Crippen LogP contribution in [-0.4, -0.2) is 20.1 Å². The van der Waals surface area contributed by atoms with Crippen molar-refractivity contribution in [2.24, 2.45) is 0 Å². The van der Waals surface area contributed by atoms with Crippen LogP contribution < -0.4 is 14.8 Å². The van der Waals surface area contributed by atoms with E-state index in [1.54, 1.807) is 14.2 Å². The number of amides is 1. The maximum absolute atomic E-state index is 12.1. The fourth-order valence-electron chi connectivity index (χ4n) is 2.41. The molecule has 0 aliphatic rings. The maximum Gasteiger partial charge on any atom is 0.220 e. The van der Waals surface area contributed by atoms with Gasteiger partial charge in [-0.2, -0.15) is 0 Å². The Hall–Kier alpha value is -2.49. The molecule has 4 nitrogen and oxygen atoms in total. The Balaban J connectivity index is 1.91. The second-order valence-corrected chi connectivity index (χ2v) is 5.42. The zero-order valence-corrected chi connectivity index (χ0v) is 13.8. The van der Waals surface area contributed by atoms with E-state index in [-0.39, 0.29) is 11.9 Å². The van der Waals surface area contributed by atoms with E-state index in [0.29, 0.717) is 12.8 Å². The lowest BCUT2D eigenvalue weighted by Gasteiger charge is -2.14. The first kappa shape index (κ1) is 16.9. The van der Waals surface area contributed by atoms with Gasteiger partial charge in [0.25, 0.3) is 0 Å². The normalized spacial score (nSPS) is 11.6. The van der Waals surface area contributed by atoms with E-state index in [2.05, 4.69) is 5.32 Å². The number of benzene rings is 2. The summed E-state index contributed by atoms with van der Waals surface area (Å²) in [5, 5.41) is 3.02. The van der Waals surface area contributed by atoms with Gasteiger partial charge in [-0.25, -0.2) is 0 Å². The molecule has 1 atom stereocenters. The van der Waals surface area contributed by atoms with Crippen LogP contribution in [0.2, 0.25) is 0 Å². The van der Waals surface area contributed by atoms with Gasteiger partial charge in [-0.05, 0) is 36.6 Å². The zero-order valence-electron chi connectivity index (χ0n) is 13.8. The SMILES string of the molecule is COc1cc(CCC(=O)NC(C)c2ccccc2)cc(OC)c1. The van der Waals surface area contributed by atoms with Crippen LogP contribution in [0.3, 0.4) is 0 Å². The van der Waals surface area contributed by atoms with Gasteiger partial charge >= 0.3 is 0 Å². The monoisotopic (exact) mass is 313 g/mol. The number of aryl methyl sites for hydroxylation is 1. The number of methoxy groups -OCH3 is 2. The summed E-state index contributed by atoms with van der Waals surface area (Å²) in [5.74, 6) is 1.50. The first-order chi connectivity index (χ1) is 11.1. The standard InChI is InChI=1S/C19H23NO3/c1-14(16-7-5-4-6-8-16)20-19(21)10-9-15-11-17(22-2)13-18(12-15)23-3/h4-8,11-14H,9-10H2,1-3H3,(H,20,21). The Labute approximate surface area is 137 Å². The van der Waals surface area contributed by atoms with Gasteiger partial charge in [-0.3, -0.25) is 4.79 Å². The van der Waals surface area contributed by atoms with Crippen LogP contribution in [-0.2, 0) is 11.2 Å². The van der Waals surface area contributed by atoms with Crippen LogP contribution >= 0.6 is 0 Å². The number of nitrogens with one attached hydrogen (secondary N) is 1. The lowest BCUT2D eigenvalue weighted by Crippen LogP contribution is -2.26. The molecule has 4 heteroatoms. The molecule has 0 fully saturated rings. The summed E-state index contributed by atoms with van der Waals surface area (Å²) in [6.07, 6.45) is 1.06. The second-order valence-electron chi connectivity index (χ2n) is 5.42. The minimum absolute atomic E-state index is 0.00328. The maximum atomic E-state index is 12.1. The van der Waals surface area contributed by atoms with Crippen molar-refractivity contribution < 1.29 is 14.3 Å².